The molecule has 2 heterocycles. The Balaban J connectivity index is 1.60. The van der Waals surface area contributed by atoms with E-state index in [1.54, 1.807) is 11.8 Å². The van der Waals surface area contributed by atoms with Crippen LogP contribution < -0.4 is 10.9 Å². The summed E-state index contributed by atoms with van der Waals surface area (Å²) in [6.45, 7) is 2.80. The van der Waals surface area contributed by atoms with E-state index in [1.165, 1.54) is 5.56 Å². The zero-order valence-corrected chi connectivity index (χ0v) is 13.9. The van der Waals surface area contributed by atoms with Gasteiger partial charge in [0.25, 0.3) is 0 Å². The minimum Gasteiger partial charge on any atom is -0.342 e. The molecular weight excluding hydrogens is 294 g/mol. The van der Waals surface area contributed by atoms with Crippen LogP contribution in [-0.4, -0.2) is 48.5 Å². The summed E-state index contributed by atoms with van der Waals surface area (Å²) in [5.41, 5.74) is 8.23. The van der Waals surface area contributed by atoms with Crippen LogP contribution in [0.3, 0.4) is 0 Å². The molecule has 22 heavy (non-hydrogen) atoms. The van der Waals surface area contributed by atoms with Gasteiger partial charge in [-0.25, -0.2) is 0 Å². The minimum absolute atomic E-state index is 0.295. The summed E-state index contributed by atoms with van der Waals surface area (Å²) in [7, 11) is 0. The first-order valence-electron chi connectivity index (χ1n) is 8.09. The number of rotatable bonds is 4. The summed E-state index contributed by atoms with van der Waals surface area (Å²) < 4.78 is 0. The van der Waals surface area contributed by atoms with Crippen LogP contribution in [0.1, 0.15) is 24.3 Å². The number of carbonyl (C=O) groups excluding carboxylic acids is 1. The molecule has 0 saturated carbocycles. The topological polar surface area (TPSA) is 44.4 Å². The van der Waals surface area contributed by atoms with Gasteiger partial charge in [0.1, 0.15) is 0 Å². The molecular formula is C17H25N3OS. The van der Waals surface area contributed by atoms with E-state index in [0.29, 0.717) is 29.5 Å². The second kappa shape index (κ2) is 7.49. The zero-order valence-electron chi connectivity index (χ0n) is 13.1. The largest absolute Gasteiger partial charge is 0.342 e. The highest BCUT2D eigenvalue weighted by molar-refractivity contribution is 7.99. The molecule has 5 heteroatoms. The number of hydrazine groups is 1. The summed E-state index contributed by atoms with van der Waals surface area (Å²) in [5.74, 6) is 2.07. The molecule has 2 aliphatic rings. The first kappa shape index (κ1) is 15.8. The molecule has 2 fully saturated rings. The van der Waals surface area contributed by atoms with E-state index in [1.807, 2.05) is 11.2 Å². The summed E-state index contributed by atoms with van der Waals surface area (Å²) in [4.78, 5) is 14.0. The van der Waals surface area contributed by atoms with Gasteiger partial charge in [-0.05, 0) is 30.6 Å². The molecule has 2 saturated heterocycles. The second-order valence-electron chi connectivity index (χ2n) is 6.22. The van der Waals surface area contributed by atoms with Gasteiger partial charge in [-0.15, -0.1) is 0 Å². The van der Waals surface area contributed by atoms with Gasteiger partial charge < -0.3 is 4.90 Å². The molecule has 2 atom stereocenters. The molecule has 2 aliphatic heterocycles. The number of amides is 1. The van der Waals surface area contributed by atoms with Crippen molar-refractivity contribution in [3.8, 4) is 0 Å². The number of nitrogens with one attached hydrogen (secondary N) is 2. The third kappa shape index (κ3) is 3.47. The number of hydrogen-bond acceptors (Lipinski definition) is 4. The fourth-order valence-electron chi connectivity index (χ4n) is 3.71. The van der Waals surface area contributed by atoms with Crippen molar-refractivity contribution in [1.29, 1.82) is 0 Å². The molecule has 0 spiro atoms. The van der Waals surface area contributed by atoms with Crippen LogP contribution in [0.2, 0.25) is 0 Å². The fraction of sp³-hybridized carbons (Fsp3) is 0.588. The molecule has 0 aromatic heterocycles. The van der Waals surface area contributed by atoms with Crippen LogP contribution in [0.15, 0.2) is 30.3 Å². The number of hydrogen-bond donors (Lipinski definition) is 2. The van der Waals surface area contributed by atoms with Gasteiger partial charge in [-0.3, -0.25) is 15.6 Å². The van der Waals surface area contributed by atoms with Crippen molar-refractivity contribution in [2.24, 2.45) is 5.92 Å². The molecule has 0 radical (unpaired) electrons. The number of piperidine rings is 1. The van der Waals surface area contributed by atoms with E-state index in [4.69, 9.17) is 0 Å². The van der Waals surface area contributed by atoms with Crippen LogP contribution in [0.4, 0.5) is 0 Å². The average molecular weight is 319 g/mol. The van der Waals surface area contributed by atoms with E-state index in [-0.39, 0.29) is 0 Å². The second-order valence-corrected chi connectivity index (χ2v) is 7.09. The summed E-state index contributed by atoms with van der Waals surface area (Å²) in [6.07, 6.45) is 4.19. The standard InChI is InChI=1S/C17H25N3OS/c1-22-12-16(21)20-9-7-14(8-10-20)17-15(11-18-19-17)13-5-3-2-4-6-13/h2-6,14-15,17-19H,7-12H2,1H3. The maximum Gasteiger partial charge on any atom is 0.232 e. The lowest BCUT2D eigenvalue weighted by atomic mass is 9.80. The van der Waals surface area contributed by atoms with Crippen molar-refractivity contribution in [2.45, 2.75) is 24.8 Å². The normalized spacial score (nSPS) is 26.3. The van der Waals surface area contributed by atoms with Gasteiger partial charge in [-0.2, -0.15) is 11.8 Å². The SMILES string of the molecule is CSCC(=O)N1CCC(C2NNCC2c2ccccc2)CC1. The monoisotopic (exact) mass is 319 g/mol. The molecule has 0 bridgehead atoms. The van der Waals surface area contributed by atoms with Gasteiger partial charge in [0.15, 0.2) is 0 Å². The number of carbonyl (C=O) groups is 1. The molecule has 4 nitrogen and oxygen atoms in total. The molecule has 1 amide bonds. The van der Waals surface area contributed by atoms with Crippen molar-refractivity contribution < 1.29 is 4.79 Å². The van der Waals surface area contributed by atoms with E-state index < -0.39 is 0 Å². The van der Waals surface area contributed by atoms with E-state index in [2.05, 4.69) is 41.2 Å². The summed E-state index contributed by atoms with van der Waals surface area (Å²) in [6, 6.07) is 11.2. The number of thioether (sulfide) groups is 1. The zero-order chi connectivity index (χ0) is 15.4. The van der Waals surface area contributed by atoms with Crippen molar-refractivity contribution in [3.05, 3.63) is 35.9 Å². The molecule has 3 rings (SSSR count). The van der Waals surface area contributed by atoms with Gasteiger partial charge >= 0.3 is 0 Å². The number of likely N-dealkylation sites (tertiary alicyclic amines) is 1. The van der Waals surface area contributed by atoms with Gasteiger partial charge in [-0.1, -0.05) is 30.3 Å². The molecule has 1 aromatic rings. The van der Waals surface area contributed by atoms with E-state index in [0.717, 1.165) is 32.5 Å². The van der Waals surface area contributed by atoms with Crippen LogP contribution in [-0.2, 0) is 4.79 Å². The maximum absolute atomic E-state index is 12.0. The van der Waals surface area contributed by atoms with Crippen molar-refractivity contribution in [3.63, 3.8) is 0 Å². The average Bonchev–Trinajstić information content (AvgIpc) is 3.06. The quantitative estimate of drug-likeness (QED) is 0.889. The Labute approximate surface area is 137 Å². The van der Waals surface area contributed by atoms with Crippen molar-refractivity contribution in [2.75, 3.05) is 31.6 Å². The Hall–Kier alpha value is -1.04. The molecule has 1 aromatic carbocycles. The lowest BCUT2D eigenvalue weighted by Gasteiger charge is -2.36. The fourth-order valence-corrected chi connectivity index (χ4v) is 4.14. The lowest BCUT2D eigenvalue weighted by Crippen LogP contribution is -2.46. The Bertz CT molecular complexity index is 488. The van der Waals surface area contributed by atoms with Crippen LogP contribution in [0.5, 0.6) is 0 Å². The number of benzene rings is 1. The molecule has 2 N–H and O–H groups in total. The summed E-state index contributed by atoms with van der Waals surface area (Å²) in [5, 5.41) is 0. The highest BCUT2D eigenvalue weighted by atomic mass is 32.2. The van der Waals surface area contributed by atoms with Gasteiger partial charge in [0.2, 0.25) is 5.91 Å². The van der Waals surface area contributed by atoms with E-state index >= 15 is 0 Å². The van der Waals surface area contributed by atoms with Crippen LogP contribution in [0, 0.1) is 5.92 Å². The van der Waals surface area contributed by atoms with E-state index in [9.17, 15) is 4.79 Å². The third-order valence-corrected chi connectivity index (χ3v) is 5.46. The first-order valence-corrected chi connectivity index (χ1v) is 9.49. The van der Waals surface area contributed by atoms with Gasteiger partial charge in [0, 0.05) is 31.6 Å². The van der Waals surface area contributed by atoms with Crippen molar-refractivity contribution >= 4 is 17.7 Å². The Kier molecular flexibility index (Phi) is 5.39. The third-order valence-electron chi connectivity index (χ3n) is 4.92. The first-order chi connectivity index (χ1) is 10.8. The minimum atomic E-state index is 0.295. The highest BCUT2D eigenvalue weighted by Crippen LogP contribution is 2.32. The van der Waals surface area contributed by atoms with Crippen molar-refractivity contribution in [1.82, 2.24) is 15.8 Å². The Morgan fingerprint density at radius 1 is 1.27 bits per heavy atom. The smallest absolute Gasteiger partial charge is 0.232 e. The lowest BCUT2D eigenvalue weighted by molar-refractivity contribution is -0.129. The predicted octanol–water partition coefficient (Wildman–Crippen LogP) is 1.85. The molecule has 0 aliphatic carbocycles. The predicted molar refractivity (Wildman–Crippen MR) is 91.8 cm³/mol. The number of nitrogens with zero attached hydrogens (tertiary/aromatic N) is 1. The maximum atomic E-state index is 12.0. The van der Waals surface area contributed by atoms with Crippen LogP contribution >= 0.6 is 11.8 Å². The molecule has 2 unspecified atom stereocenters. The highest BCUT2D eigenvalue weighted by Gasteiger charge is 2.36. The Morgan fingerprint density at radius 2 is 2.00 bits per heavy atom. The van der Waals surface area contributed by atoms with Gasteiger partial charge in [0.05, 0.1) is 5.75 Å². The summed E-state index contributed by atoms with van der Waals surface area (Å²) >= 11 is 1.61. The Morgan fingerprint density at radius 3 is 2.68 bits per heavy atom. The van der Waals surface area contributed by atoms with Crippen LogP contribution in [0.25, 0.3) is 0 Å². The molecule has 120 valence electrons.